The molecule has 1 amide bonds. The SMILES string of the molecule is Cc1cscc1C(=O)Nc1ccc(C#CCCO)c(F)c1. The Bertz CT molecular complexity index is 713. The molecule has 1 aromatic carbocycles. The Morgan fingerprint density at radius 2 is 2.24 bits per heavy atom. The number of anilines is 1. The van der Waals surface area contributed by atoms with Crippen LogP contribution >= 0.6 is 11.3 Å². The van der Waals surface area contributed by atoms with E-state index in [9.17, 15) is 9.18 Å². The predicted molar refractivity (Wildman–Crippen MR) is 82.0 cm³/mol. The fourth-order valence-electron chi connectivity index (χ4n) is 1.70. The number of thiophene rings is 1. The standard InChI is InChI=1S/C16H14FNO2S/c1-11-9-21-10-14(11)16(20)18-13-6-5-12(15(17)8-13)4-2-3-7-19/h5-6,8-10,19H,3,7H2,1H3,(H,18,20). The van der Waals surface area contributed by atoms with Crippen LogP contribution in [0.3, 0.4) is 0 Å². The van der Waals surface area contributed by atoms with Gasteiger partial charge in [0.25, 0.3) is 5.91 Å². The summed E-state index contributed by atoms with van der Waals surface area (Å²) in [5, 5.41) is 14.9. The molecule has 0 fully saturated rings. The highest BCUT2D eigenvalue weighted by atomic mass is 32.1. The lowest BCUT2D eigenvalue weighted by Crippen LogP contribution is -2.12. The van der Waals surface area contributed by atoms with Gasteiger partial charge in [0.2, 0.25) is 0 Å². The second kappa shape index (κ2) is 7.02. The van der Waals surface area contributed by atoms with Crippen molar-refractivity contribution in [3.8, 4) is 11.8 Å². The molecule has 21 heavy (non-hydrogen) atoms. The molecule has 5 heteroatoms. The average molecular weight is 303 g/mol. The highest BCUT2D eigenvalue weighted by molar-refractivity contribution is 7.08. The summed E-state index contributed by atoms with van der Waals surface area (Å²) in [5.74, 6) is 4.53. The van der Waals surface area contributed by atoms with E-state index in [1.165, 1.54) is 23.5 Å². The largest absolute Gasteiger partial charge is 0.395 e. The van der Waals surface area contributed by atoms with Crippen LogP contribution in [0.2, 0.25) is 0 Å². The molecule has 3 nitrogen and oxygen atoms in total. The Labute approximate surface area is 126 Å². The number of aliphatic hydroxyl groups is 1. The summed E-state index contributed by atoms with van der Waals surface area (Å²) in [6.07, 6.45) is 0.301. The molecule has 2 N–H and O–H groups in total. The Morgan fingerprint density at radius 3 is 2.86 bits per heavy atom. The summed E-state index contributed by atoms with van der Waals surface area (Å²) in [6.45, 7) is 1.80. The zero-order chi connectivity index (χ0) is 15.2. The van der Waals surface area contributed by atoms with Crippen LogP contribution in [0.5, 0.6) is 0 Å². The Balaban J connectivity index is 2.12. The molecule has 0 unspecified atom stereocenters. The van der Waals surface area contributed by atoms with Gasteiger partial charge in [0.05, 0.1) is 17.7 Å². The molecular weight excluding hydrogens is 289 g/mol. The number of aliphatic hydroxyl groups excluding tert-OH is 1. The van der Waals surface area contributed by atoms with Gasteiger partial charge in [0, 0.05) is 17.5 Å². The molecule has 1 heterocycles. The molecule has 0 radical (unpaired) electrons. The smallest absolute Gasteiger partial charge is 0.256 e. The Morgan fingerprint density at radius 1 is 1.43 bits per heavy atom. The first-order valence-corrected chi connectivity index (χ1v) is 7.29. The minimum atomic E-state index is -0.500. The summed E-state index contributed by atoms with van der Waals surface area (Å²) in [5.41, 5.74) is 2.11. The van der Waals surface area contributed by atoms with E-state index >= 15 is 0 Å². The van der Waals surface area contributed by atoms with Crippen molar-refractivity contribution in [2.75, 3.05) is 11.9 Å². The number of benzene rings is 1. The molecule has 0 saturated heterocycles. The van der Waals surface area contributed by atoms with E-state index in [4.69, 9.17) is 5.11 Å². The number of hydrogen-bond donors (Lipinski definition) is 2. The zero-order valence-electron chi connectivity index (χ0n) is 11.4. The number of aryl methyl sites for hydroxylation is 1. The lowest BCUT2D eigenvalue weighted by atomic mass is 10.1. The summed E-state index contributed by atoms with van der Waals surface area (Å²) in [7, 11) is 0. The maximum atomic E-state index is 13.8. The van der Waals surface area contributed by atoms with Crippen molar-refractivity contribution >= 4 is 22.9 Å². The minimum absolute atomic E-state index is 0.0528. The topological polar surface area (TPSA) is 49.3 Å². The highest BCUT2D eigenvalue weighted by Gasteiger charge is 2.11. The monoisotopic (exact) mass is 303 g/mol. The summed E-state index contributed by atoms with van der Waals surface area (Å²) in [4.78, 5) is 12.0. The molecule has 0 atom stereocenters. The molecule has 0 spiro atoms. The first kappa shape index (κ1) is 15.2. The van der Waals surface area contributed by atoms with Gasteiger partial charge < -0.3 is 10.4 Å². The third-order valence-electron chi connectivity index (χ3n) is 2.79. The third kappa shape index (κ3) is 3.91. The van der Waals surface area contributed by atoms with Crippen LogP contribution in [0.15, 0.2) is 29.0 Å². The zero-order valence-corrected chi connectivity index (χ0v) is 12.3. The average Bonchev–Trinajstić information content (AvgIpc) is 2.88. The van der Waals surface area contributed by atoms with Crippen molar-refractivity contribution in [1.82, 2.24) is 0 Å². The summed E-state index contributed by atoms with van der Waals surface area (Å²) >= 11 is 1.45. The van der Waals surface area contributed by atoms with E-state index < -0.39 is 5.82 Å². The van der Waals surface area contributed by atoms with Crippen molar-refractivity contribution in [2.45, 2.75) is 13.3 Å². The normalized spacial score (nSPS) is 9.86. The fourth-order valence-corrected chi connectivity index (χ4v) is 2.53. The van der Waals surface area contributed by atoms with Crippen LogP contribution in [0, 0.1) is 24.6 Å². The van der Waals surface area contributed by atoms with Crippen molar-refractivity contribution in [3.63, 3.8) is 0 Å². The quantitative estimate of drug-likeness (QED) is 0.856. The summed E-state index contributed by atoms with van der Waals surface area (Å²) in [6, 6.07) is 4.35. The van der Waals surface area contributed by atoms with Crippen molar-refractivity contribution < 1.29 is 14.3 Å². The van der Waals surface area contributed by atoms with E-state index in [0.717, 1.165) is 5.56 Å². The molecule has 0 aliphatic carbocycles. The van der Waals surface area contributed by atoms with Crippen molar-refractivity contribution in [3.05, 3.63) is 51.5 Å². The molecule has 108 valence electrons. The Kier molecular flexibility index (Phi) is 5.09. The van der Waals surface area contributed by atoms with Crippen LogP contribution in [-0.4, -0.2) is 17.6 Å². The van der Waals surface area contributed by atoms with E-state index in [2.05, 4.69) is 17.2 Å². The molecule has 1 aromatic heterocycles. The van der Waals surface area contributed by atoms with Gasteiger partial charge in [0.1, 0.15) is 5.82 Å². The van der Waals surface area contributed by atoms with Crippen molar-refractivity contribution in [2.24, 2.45) is 0 Å². The van der Waals surface area contributed by atoms with Gasteiger partial charge in [-0.2, -0.15) is 11.3 Å². The number of hydrogen-bond acceptors (Lipinski definition) is 3. The van der Waals surface area contributed by atoms with Gasteiger partial charge >= 0.3 is 0 Å². The number of amides is 1. The molecule has 0 aliphatic rings. The second-order valence-corrected chi connectivity index (χ2v) is 5.14. The second-order valence-electron chi connectivity index (χ2n) is 4.39. The highest BCUT2D eigenvalue weighted by Crippen LogP contribution is 2.18. The number of nitrogens with one attached hydrogen (secondary N) is 1. The van der Waals surface area contributed by atoms with E-state index in [-0.39, 0.29) is 18.1 Å². The molecule has 2 rings (SSSR count). The number of carbonyl (C=O) groups excluding carboxylic acids is 1. The number of rotatable bonds is 3. The minimum Gasteiger partial charge on any atom is -0.395 e. The van der Waals surface area contributed by atoms with E-state index in [1.54, 1.807) is 11.4 Å². The lowest BCUT2D eigenvalue weighted by Gasteiger charge is -2.05. The Hall–Kier alpha value is -2.16. The van der Waals surface area contributed by atoms with Crippen molar-refractivity contribution in [1.29, 1.82) is 0 Å². The van der Waals surface area contributed by atoms with Crippen LogP contribution in [0.4, 0.5) is 10.1 Å². The van der Waals surface area contributed by atoms with E-state index in [0.29, 0.717) is 17.7 Å². The van der Waals surface area contributed by atoms with Gasteiger partial charge in [-0.25, -0.2) is 4.39 Å². The number of halogens is 1. The first-order chi connectivity index (χ1) is 10.1. The molecule has 0 bridgehead atoms. The molecular formula is C16H14FNO2S. The van der Waals surface area contributed by atoms with E-state index in [1.807, 2.05) is 12.3 Å². The van der Waals surface area contributed by atoms with Crippen LogP contribution in [0.25, 0.3) is 0 Å². The van der Waals surface area contributed by atoms with Gasteiger partial charge in [-0.05, 0) is 36.1 Å². The van der Waals surface area contributed by atoms with Gasteiger partial charge in [0.15, 0.2) is 0 Å². The van der Waals surface area contributed by atoms with Crippen LogP contribution in [0.1, 0.15) is 27.9 Å². The van der Waals surface area contributed by atoms with Gasteiger partial charge in [-0.15, -0.1) is 0 Å². The van der Waals surface area contributed by atoms with Gasteiger partial charge in [-0.3, -0.25) is 4.79 Å². The molecule has 0 saturated carbocycles. The molecule has 2 aromatic rings. The number of carbonyl (C=O) groups is 1. The lowest BCUT2D eigenvalue weighted by molar-refractivity contribution is 0.102. The molecule has 0 aliphatic heterocycles. The predicted octanol–water partition coefficient (Wildman–Crippen LogP) is 3.18. The van der Waals surface area contributed by atoms with Crippen LogP contribution < -0.4 is 5.32 Å². The maximum absolute atomic E-state index is 13.8. The third-order valence-corrected chi connectivity index (χ3v) is 3.65. The first-order valence-electron chi connectivity index (χ1n) is 6.35. The van der Waals surface area contributed by atoms with Crippen LogP contribution in [-0.2, 0) is 0 Å². The summed E-state index contributed by atoms with van der Waals surface area (Å²) < 4.78 is 13.8. The fraction of sp³-hybridized carbons (Fsp3) is 0.188. The van der Waals surface area contributed by atoms with Gasteiger partial charge in [-0.1, -0.05) is 11.8 Å². The maximum Gasteiger partial charge on any atom is 0.256 e.